The van der Waals surface area contributed by atoms with Gasteiger partial charge in [-0.1, -0.05) is 0 Å². The van der Waals surface area contributed by atoms with Crippen LogP contribution in [0.5, 0.6) is 5.75 Å². The molecule has 2 aromatic carbocycles. The van der Waals surface area contributed by atoms with Crippen LogP contribution in [0.15, 0.2) is 36.4 Å². The second-order valence-corrected chi connectivity index (χ2v) is 4.00. The number of carbonyl (C=O) groups excluding carboxylic acids is 1. The Morgan fingerprint density at radius 1 is 1.15 bits per heavy atom. The largest absolute Gasteiger partial charge is 0.488 e. The van der Waals surface area contributed by atoms with Crippen LogP contribution >= 0.6 is 0 Å². The molecule has 5 heteroatoms. The highest BCUT2D eigenvalue weighted by atomic mass is 19.1. The van der Waals surface area contributed by atoms with Crippen molar-refractivity contribution >= 4 is 6.29 Å². The van der Waals surface area contributed by atoms with E-state index in [1.807, 2.05) is 6.07 Å². The lowest BCUT2D eigenvalue weighted by Gasteiger charge is -2.09. The molecule has 0 fully saturated rings. The molecule has 2 aromatic rings. The van der Waals surface area contributed by atoms with Crippen molar-refractivity contribution in [2.75, 3.05) is 0 Å². The normalized spacial score (nSPS) is 9.85. The Morgan fingerprint density at radius 3 is 2.55 bits per heavy atom. The van der Waals surface area contributed by atoms with Gasteiger partial charge in [-0.05, 0) is 36.4 Å². The van der Waals surface area contributed by atoms with Gasteiger partial charge >= 0.3 is 0 Å². The minimum Gasteiger partial charge on any atom is -0.488 e. The van der Waals surface area contributed by atoms with Gasteiger partial charge in [-0.3, -0.25) is 4.79 Å². The molecule has 3 nitrogen and oxygen atoms in total. The molecule has 0 radical (unpaired) electrons. The molecule has 0 N–H and O–H groups in total. The maximum atomic E-state index is 13.1. The average Bonchev–Trinajstić information content (AvgIpc) is 2.46. The molecule has 0 bridgehead atoms. The molecule has 0 aliphatic rings. The van der Waals surface area contributed by atoms with E-state index in [1.165, 1.54) is 24.3 Å². The lowest BCUT2D eigenvalue weighted by molar-refractivity contribution is 0.111. The summed E-state index contributed by atoms with van der Waals surface area (Å²) in [5.41, 5.74) is 0.690. The van der Waals surface area contributed by atoms with Gasteiger partial charge in [0.05, 0.1) is 17.2 Å². The van der Waals surface area contributed by atoms with Gasteiger partial charge in [-0.25, -0.2) is 8.78 Å². The molecule has 0 aromatic heterocycles. The summed E-state index contributed by atoms with van der Waals surface area (Å²) < 4.78 is 31.4. The Morgan fingerprint density at radius 2 is 1.85 bits per heavy atom. The number of carbonyl (C=O) groups is 1. The summed E-state index contributed by atoms with van der Waals surface area (Å²) in [6.07, 6.45) is 0.467. The molecule has 0 saturated heterocycles. The van der Waals surface area contributed by atoms with E-state index in [9.17, 15) is 13.6 Å². The number of rotatable bonds is 4. The fraction of sp³-hybridized carbons (Fsp3) is 0.0667. The molecule has 0 aliphatic carbocycles. The maximum absolute atomic E-state index is 13.1. The molecule has 2 rings (SSSR count). The van der Waals surface area contributed by atoms with E-state index < -0.39 is 11.6 Å². The van der Waals surface area contributed by atoms with E-state index in [1.54, 1.807) is 0 Å². The van der Waals surface area contributed by atoms with E-state index in [0.717, 1.165) is 12.1 Å². The van der Waals surface area contributed by atoms with Crippen molar-refractivity contribution in [3.63, 3.8) is 0 Å². The molecule has 0 amide bonds. The predicted molar refractivity (Wildman–Crippen MR) is 67.2 cm³/mol. The summed E-state index contributed by atoms with van der Waals surface area (Å²) in [5, 5.41) is 8.91. The van der Waals surface area contributed by atoms with Crippen molar-refractivity contribution < 1.29 is 18.3 Å². The van der Waals surface area contributed by atoms with Crippen LogP contribution in [0.4, 0.5) is 8.78 Å². The fourth-order valence-corrected chi connectivity index (χ4v) is 1.69. The Kier molecular flexibility index (Phi) is 4.06. The minimum atomic E-state index is -0.553. The highest BCUT2D eigenvalue weighted by Crippen LogP contribution is 2.20. The first-order valence-electron chi connectivity index (χ1n) is 5.70. The summed E-state index contributed by atoms with van der Waals surface area (Å²) >= 11 is 0. The van der Waals surface area contributed by atoms with Crippen LogP contribution < -0.4 is 4.74 Å². The van der Waals surface area contributed by atoms with Crippen LogP contribution in [-0.2, 0) is 6.61 Å². The Hall–Kier alpha value is -2.74. The molecule has 0 heterocycles. The first-order chi connectivity index (χ1) is 9.63. The molecule has 20 heavy (non-hydrogen) atoms. The molecule has 100 valence electrons. The highest BCUT2D eigenvalue weighted by Gasteiger charge is 2.08. The maximum Gasteiger partial charge on any atom is 0.153 e. The van der Waals surface area contributed by atoms with Gasteiger partial charge in [0, 0.05) is 5.56 Å². The lowest BCUT2D eigenvalue weighted by atomic mass is 10.1. The highest BCUT2D eigenvalue weighted by molar-refractivity contribution is 5.79. The van der Waals surface area contributed by atoms with Gasteiger partial charge < -0.3 is 4.74 Å². The predicted octanol–water partition coefficient (Wildman–Crippen LogP) is 3.23. The Balaban J connectivity index is 2.23. The number of hydrogen-bond acceptors (Lipinski definition) is 3. The Labute approximate surface area is 114 Å². The third kappa shape index (κ3) is 2.98. The zero-order valence-corrected chi connectivity index (χ0v) is 10.3. The zero-order valence-electron chi connectivity index (χ0n) is 10.3. The zero-order chi connectivity index (χ0) is 14.5. The number of hydrogen-bond donors (Lipinski definition) is 0. The quantitative estimate of drug-likeness (QED) is 0.803. The van der Waals surface area contributed by atoms with Gasteiger partial charge in [0.25, 0.3) is 0 Å². The number of halogens is 2. The molecule has 0 spiro atoms. The number of aldehydes is 1. The lowest BCUT2D eigenvalue weighted by Crippen LogP contribution is -2.01. The van der Waals surface area contributed by atoms with Gasteiger partial charge in [0.2, 0.25) is 0 Å². The van der Waals surface area contributed by atoms with Gasteiger partial charge in [-0.15, -0.1) is 0 Å². The van der Waals surface area contributed by atoms with Crippen LogP contribution in [0.2, 0.25) is 0 Å². The topological polar surface area (TPSA) is 50.1 Å². The van der Waals surface area contributed by atoms with Crippen molar-refractivity contribution in [2.45, 2.75) is 6.61 Å². The summed E-state index contributed by atoms with van der Waals surface area (Å²) in [6.45, 7) is -0.0902. The SMILES string of the molecule is N#Cc1ccc(F)cc1COc1ccc(F)cc1C=O. The van der Waals surface area contributed by atoms with Gasteiger partial charge in [0.1, 0.15) is 24.0 Å². The third-order valence-electron chi connectivity index (χ3n) is 2.67. The van der Waals surface area contributed by atoms with Crippen LogP contribution in [-0.4, -0.2) is 6.29 Å². The van der Waals surface area contributed by atoms with E-state index >= 15 is 0 Å². The average molecular weight is 273 g/mol. The number of benzene rings is 2. The summed E-state index contributed by atoms with van der Waals surface area (Å²) in [5.74, 6) is -0.866. The van der Waals surface area contributed by atoms with Crippen molar-refractivity contribution in [3.05, 3.63) is 64.7 Å². The smallest absolute Gasteiger partial charge is 0.153 e. The fourth-order valence-electron chi connectivity index (χ4n) is 1.69. The Bertz CT molecular complexity index is 693. The van der Waals surface area contributed by atoms with Crippen molar-refractivity contribution in [1.29, 1.82) is 5.26 Å². The van der Waals surface area contributed by atoms with E-state index in [-0.39, 0.29) is 23.5 Å². The van der Waals surface area contributed by atoms with E-state index in [4.69, 9.17) is 10.00 Å². The van der Waals surface area contributed by atoms with Crippen LogP contribution in [0.3, 0.4) is 0 Å². The number of nitriles is 1. The van der Waals surface area contributed by atoms with Gasteiger partial charge in [0.15, 0.2) is 6.29 Å². The first-order valence-corrected chi connectivity index (χ1v) is 5.70. The summed E-state index contributed by atoms with van der Waals surface area (Å²) in [7, 11) is 0. The summed E-state index contributed by atoms with van der Waals surface area (Å²) in [6, 6.07) is 9.13. The van der Waals surface area contributed by atoms with Crippen molar-refractivity contribution in [2.24, 2.45) is 0 Å². The molecular formula is C15H9F2NO2. The van der Waals surface area contributed by atoms with Crippen molar-refractivity contribution in [3.8, 4) is 11.8 Å². The number of ether oxygens (including phenoxy) is 1. The minimum absolute atomic E-state index is 0.0555. The number of nitrogens with zero attached hydrogens (tertiary/aromatic N) is 1. The second-order valence-electron chi connectivity index (χ2n) is 4.00. The molecule has 0 aliphatic heterocycles. The molecular weight excluding hydrogens is 264 g/mol. The first kappa shape index (κ1) is 13.7. The van der Waals surface area contributed by atoms with Crippen molar-refractivity contribution in [1.82, 2.24) is 0 Å². The van der Waals surface area contributed by atoms with Crippen LogP contribution in [0.1, 0.15) is 21.5 Å². The van der Waals surface area contributed by atoms with Crippen LogP contribution in [0.25, 0.3) is 0 Å². The molecule has 0 unspecified atom stereocenters. The third-order valence-corrected chi connectivity index (χ3v) is 2.67. The monoisotopic (exact) mass is 273 g/mol. The van der Waals surface area contributed by atoms with Crippen LogP contribution in [0, 0.1) is 23.0 Å². The van der Waals surface area contributed by atoms with E-state index in [2.05, 4.69) is 0 Å². The molecule has 0 atom stereocenters. The second kappa shape index (κ2) is 5.93. The van der Waals surface area contributed by atoms with Gasteiger partial charge in [-0.2, -0.15) is 5.26 Å². The summed E-state index contributed by atoms with van der Waals surface area (Å²) in [4.78, 5) is 10.8. The van der Waals surface area contributed by atoms with E-state index in [0.29, 0.717) is 11.8 Å². The standard InChI is InChI=1S/C15H9F2NO2/c16-13-2-1-10(7-18)12(6-13)9-20-15-4-3-14(17)5-11(15)8-19/h1-6,8H,9H2. The molecule has 0 saturated carbocycles.